The minimum Gasteiger partial charge on any atom is -0.439 e. The number of nitrogens with two attached hydrogens (primary N) is 1. The van der Waals surface area contributed by atoms with E-state index in [1.807, 2.05) is 18.2 Å². The molecule has 1 aliphatic rings. The van der Waals surface area contributed by atoms with Crippen LogP contribution in [0, 0.1) is 0 Å². The third-order valence-corrected chi connectivity index (χ3v) is 5.39. The summed E-state index contributed by atoms with van der Waals surface area (Å²) in [5.74, 6) is 1.28. The molecule has 1 aromatic heterocycles. The monoisotopic (exact) mass is 387 g/mol. The molecular weight excluding hydrogens is 362 g/mol. The molecule has 1 unspecified atom stereocenters. The van der Waals surface area contributed by atoms with Crippen LogP contribution >= 0.6 is 0 Å². The van der Waals surface area contributed by atoms with Gasteiger partial charge in [0.15, 0.2) is 0 Å². The summed E-state index contributed by atoms with van der Waals surface area (Å²) in [6.45, 7) is 1.82. The highest BCUT2D eigenvalue weighted by molar-refractivity contribution is 5.92. The zero-order chi connectivity index (χ0) is 20.1. The van der Waals surface area contributed by atoms with Crippen molar-refractivity contribution in [3.05, 3.63) is 89.1 Å². The topological polar surface area (TPSA) is 77.2 Å². The zero-order valence-corrected chi connectivity index (χ0v) is 16.3. The lowest BCUT2D eigenvalue weighted by Crippen LogP contribution is -2.24. The maximum Gasteiger partial charge on any atom is 0.250 e. The molecule has 5 heteroatoms. The number of nitrogens with zero attached hydrogens (tertiary/aromatic N) is 1. The number of amides is 1. The summed E-state index contributed by atoms with van der Waals surface area (Å²) in [4.78, 5) is 15.4. The molecule has 1 aliphatic carbocycles. The van der Waals surface area contributed by atoms with Crippen LogP contribution in [0.1, 0.15) is 45.8 Å². The quantitative estimate of drug-likeness (QED) is 0.637. The fourth-order valence-corrected chi connectivity index (χ4v) is 3.91. The fraction of sp³-hybridized carbons (Fsp3) is 0.250. The van der Waals surface area contributed by atoms with Crippen LogP contribution in [0.15, 0.2) is 66.9 Å². The molecule has 29 heavy (non-hydrogen) atoms. The molecule has 1 atom stereocenters. The number of ether oxygens (including phenoxy) is 1. The molecule has 0 saturated carbocycles. The molecule has 3 aromatic rings. The van der Waals surface area contributed by atoms with E-state index >= 15 is 0 Å². The predicted octanol–water partition coefficient (Wildman–Crippen LogP) is 4.18. The number of nitrogens with one attached hydrogen (secondary N) is 1. The Bertz CT molecular complexity index is 971. The van der Waals surface area contributed by atoms with E-state index in [9.17, 15) is 4.79 Å². The zero-order valence-electron chi connectivity index (χ0n) is 16.3. The van der Waals surface area contributed by atoms with Gasteiger partial charge in [0.1, 0.15) is 5.75 Å². The van der Waals surface area contributed by atoms with Gasteiger partial charge in [-0.15, -0.1) is 0 Å². The number of hydrogen-bond donors (Lipinski definition) is 2. The summed E-state index contributed by atoms with van der Waals surface area (Å²) in [7, 11) is 0. The van der Waals surface area contributed by atoms with E-state index in [4.69, 9.17) is 10.5 Å². The van der Waals surface area contributed by atoms with E-state index in [2.05, 4.69) is 40.6 Å². The first-order valence-corrected chi connectivity index (χ1v) is 10.0. The van der Waals surface area contributed by atoms with Gasteiger partial charge in [-0.2, -0.15) is 0 Å². The summed E-state index contributed by atoms with van der Waals surface area (Å²) >= 11 is 0. The second-order valence-electron chi connectivity index (χ2n) is 7.38. The maximum absolute atomic E-state index is 11.2. The second kappa shape index (κ2) is 8.88. The number of hydrogen-bond acceptors (Lipinski definition) is 4. The van der Waals surface area contributed by atoms with Crippen molar-refractivity contribution < 1.29 is 9.53 Å². The Hall–Kier alpha value is -3.18. The Labute approximate surface area is 170 Å². The van der Waals surface area contributed by atoms with E-state index in [0.717, 1.165) is 31.7 Å². The van der Waals surface area contributed by atoms with Gasteiger partial charge in [-0.25, -0.2) is 4.98 Å². The number of carbonyl (C=O) groups is 1. The minimum atomic E-state index is -0.494. The van der Waals surface area contributed by atoms with Crippen molar-refractivity contribution in [1.82, 2.24) is 10.3 Å². The van der Waals surface area contributed by atoms with Crippen LogP contribution in [0.2, 0.25) is 0 Å². The van der Waals surface area contributed by atoms with Crippen LogP contribution in [-0.4, -0.2) is 17.4 Å². The first-order valence-electron chi connectivity index (χ1n) is 10.0. The molecule has 0 bridgehead atoms. The molecule has 148 valence electrons. The van der Waals surface area contributed by atoms with Crippen molar-refractivity contribution >= 4 is 5.91 Å². The number of aromatic nitrogens is 1. The summed E-state index contributed by atoms with van der Waals surface area (Å²) in [6.07, 6.45) is 4.76. The van der Waals surface area contributed by atoms with Crippen molar-refractivity contribution in [3.8, 4) is 11.6 Å². The van der Waals surface area contributed by atoms with Gasteiger partial charge in [-0.05, 0) is 54.0 Å². The summed E-state index contributed by atoms with van der Waals surface area (Å²) in [6, 6.07) is 20.0. The molecule has 0 spiro atoms. The highest BCUT2D eigenvalue weighted by atomic mass is 16.5. The Morgan fingerprint density at radius 2 is 1.97 bits per heavy atom. The lowest BCUT2D eigenvalue weighted by Gasteiger charge is -2.27. The van der Waals surface area contributed by atoms with Crippen molar-refractivity contribution in [3.63, 3.8) is 0 Å². The molecule has 1 heterocycles. The van der Waals surface area contributed by atoms with Gasteiger partial charge in [-0.3, -0.25) is 4.79 Å². The van der Waals surface area contributed by atoms with Gasteiger partial charge >= 0.3 is 0 Å². The molecule has 0 fully saturated rings. The molecule has 3 N–H and O–H groups in total. The van der Waals surface area contributed by atoms with Gasteiger partial charge in [0, 0.05) is 25.4 Å². The molecule has 2 aromatic carbocycles. The Balaban J connectivity index is 1.46. The van der Waals surface area contributed by atoms with Crippen LogP contribution in [0.4, 0.5) is 0 Å². The first kappa shape index (κ1) is 19.2. The van der Waals surface area contributed by atoms with Gasteiger partial charge in [0.2, 0.25) is 11.8 Å². The van der Waals surface area contributed by atoms with Crippen molar-refractivity contribution in [1.29, 1.82) is 0 Å². The summed E-state index contributed by atoms with van der Waals surface area (Å²) in [5.41, 5.74) is 9.55. The first-order chi connectivity index (χ1) is 14.2. The standard InChI is InChI=1S/C24H25N3O2/c25-24(28)19-12-13-23(27-16-19)29-22-11-5-9-20-18(8-4-10-21(20)22)15-26-14-17-6-2-1-3-7-17/h1-3,5-7,9,11-13,16,18,26H,4,8,10,14-15H2,(H2,25,28). The summed E-state index contributed by atoms with van der Waals surface area (Å²) < 4.78 is 6.05. The van der Waals surface area contributed by atoms with E-state index < -0.39 is 5.91 Å². The normalized spacial score (nSPS) is 15.5. The Morgan fingerprint density at radius 1 is 1.10 bits per heavy atom. The van der Waals surface area contributed by atoms with Crippen LogP contribution in [-0.2, 0) is 13.0 Å². The van der Waals surface area contributed by atoms with Gasteiger partial charge < -0.3 is 15.8 Å². The number of carbonyl (C=O) groups excluding carboxylic acids is 1. The van der Waals surface area contributed by atoms with Crippen molar-refractivity contribution in [2.24, 2.45) is 5.73 Å². The van der Waals surface area contributed by atoms with E-state index in [1.165, 1.54) is 29.3 Å². The second-order valence-corrected chi connectivity index (χ2v) is 7.38. The van der Waals surface area contributed by atoms with Crippen molar-refractivity contribution in [2.75, 3.05) is 6.54 Å². The number of primary amides is 1. The largest absolute Gasteiger partial charge is 0.439 e. The van der Waals surface area contributed by atoms with E-state index in [-0.39, 0.29) is 0 Å². The SMILES string of the molecule is NC(=O)c1ccc(Oc2cccc3c2CCCC3CNCc2ccccc2)nc1. The van der Waals surface area contributed by atoms with Crippen molar-refractivity contribution in [2.45, 2.75) is 31.7 Å². The van der Waals surface area contributed by atoms with Crippen LogP contribution in [0.5, 0.6) is 11.6 Å². The summed E-state index contributed by atoms with van der Waals surface area (Å²) in [5, 5.41) is 3.60. The molecule has 0 aliphatic heterocycles. The smallest absolute Gasteiger partial charge is 0.250 e. The molecule has 0 saturated heterocycles. The Kier molecular flexibility index (Phi) is 5.86. The third kappa shape index (κ3) is 4.63. The number of pyridine rings is 1. The number of benzene rings is 2. The van der Waals surface area contributed by atoms with Gasteiger partial charge in [0.25, 0.3) is 0 Å². The minimum absolute atomic E-state index is 0.372. The van der Waals surface area contributed by atoms with Gasteiger partial charge in [-0.1, -0.05) is 42.5 Å². The van der Waals surface area contributed by atoms with Crippen LogP contribution in [0.3, 0.4) is 0 Å². The molecule has 1 amide bonds. The molecule has 0 radical (unpaired) electrons. The van der Waals surface area contributed by atoms with E-state index in [0.29, 0.717) is 17.4 Å². The average molecular weight is 387 g/mol. The van der Waals surface area contributed by atoms with Gasteiger partial charge in [0.05, 0.1) is 5.56 Å². The highest BCUT2D eigenvalue weighted by Gasteiger charge is 2.23. The predicted molar refractivity (Wildman–Crippen MR) is 113 cm³/mol. The Morgan fingerprint density at radius 3 is 2.72 bits per heavy atom. The lowest BCUT2D eigenvalue weighted by atomic mass is 9.82. The highest BCUT2D eigenvalue weighted by Crippen LogP contribution is 2.37. The maximum atomic E-state index is 11.2. The molecule has 4 rings (SSSR count). The lowest BCUT2D eigenvalue weighted by molar-refractivity contribution is 0.1000. The van der Waals surface area contributed by atoms with E-state index in [1.54, 1.807) is 12.1 Å². The van der Waals surface area contributed by atoms with Crippen LogP contribution < -0.4 is 15.8 Å². The average Bonchev–Trinajstić information content (AvgIpc) is 2.75. The molecular formula is C24H25N3O2. The number of fused-ring (bicyclic) bond motifs is 1. The van der Waals surface area contributed by atoms with Crippen LogP contribution in [0.25, 0.3) is 0 Å². The fourth-order valence-electron chi connectivity index (χ4n) is 3.91. The third-order valence-electron chi connectivity index (χ3n) is 5.39. The number of rotatable bonds is 7. The molecule has 5 nitrogen and oxygen atoms in total.